The summed E-state index contributed by atoms with van der Waals surface area (Å²) < 4.78 is 32.1. The van der Waals surface area contributed by atoms with Crippen molar-refractivity contribution in [2.75, 3.05) is 72.6 Å². The highest BCUT2D eigenvalue weighted by atomic mass is 32.2. The summed E-state index contributed by atoms with van der Waals surface area (Å²) in [6.45, 7) is 7.61. The first-order valence-corrected chi connectivity index (χ1v) is 11.9. The molecule has 8 nitrogen and oxygen atoms in total. The molecule has 3 rings (SSSR count). The van der Waals surface area contributed by atoms with Crippen molar-refractivity contribution >= 4 is 15.9 Å². The van der Waals surface area contributed by atoms with Gasteiger partial charge in [0.25, 0.3) is 5.91 Å². The Morgan fingerprint density at radius 3 is 2.34 bits per heavy atom. The van der Waals surface area contributed by atoms with E-state index in [1.165, 1.54) is 0 Å². The van der Waals surface area contributed by atoms with Gasteiger partial charge in [0.1, 0.15) is 0 Å². The molecule has 0 radical (unpaired) electrons. The molecule has 2 aliphatic rings. The van der Waals surface area contributed by atoms with Crippen LogP contribution in [0.4, 0.5) is 0 Å². The number of carbonyl (C=O) groups is 1. The van der Waals surface area contributed by atoms with Gasteiger partial charge in [0.15, 0.2) is 0 Å². The number of ether oxygens (including phenoxy) is 1. The highest BCUT2D eigenvalue weighted by Gasteiger charge is 2.25. The van der Waals surface area contributed by atoms with Crippen molar-refractivity contribution in [2.45, 2.75) is 12.2 Å². The molecule has 0 spiro atoms. The molecule has 2 aliphatic heterocycles. The SMILES string of the molecule is CN1CCN(S(=O)(=O)Cc2ccc(C(=O)NCCCN3CCOCC3)cc2)CC1. The molecule has 0 bridgehead atoms. The van der Waals surface area contributed by atoms with Gasteiger partial charge in [-0.2, -0.15) is 4.31 Å². The highest BCUT2D eigenvalue weighted by molar-refractivity contribution is 7.88. The predicted octanol–water partition coefficient (Wildman–Crippen LogP) is 0.216. The first-order valence-electron chi connectivity index (χ1n) is 10.3. The Bertz CT molecular complexity index is 755. The summed E-state index contributed by atoms with van der Waals surface area (Å²) >= 11 is 0. The van der Waals surface area contributed by atoms with Crippen molar-refractivity contribution < 1.29 is 17.9 Å². The van der Waals surface area contributed by atoms with E-state index in [4.69, 9.17) is 4.74 Å². The number of nitrogens with zero attached hydrogens (tertiary/aromatic N) is 3. The fourth-order valence-electron chi connectivity index (χ4n) is 3.55. The quantitative estimate of drug-likeness (QED) is 0.601. The Labute approximate surface area is 173 Å². The maximum Gasteiger partial charge on any atom is 0.251 e. The number of nitrogens with one attached hydrogen (secondary N) is 1. The zero-order valence-corrected chi connectivity index (χ0v) is 18.0. The molecule has 9 heteroatoms. The zero-order chi connectivity index (χ0) is 20.7. The van der Waals surface area contributed by atoms with Crippen LogP contribution in [0, 0.1) is 0 Å². The van der Waals surface area contributed by atoms with Crippen LogP contribution in [0.3, 0.4) is 0 Å². The minimum atomic E-state index is -3.33. The van der Waals surface area contributed by atoms with E-state index in [0.717, 1.165) is 52.4 Å². The predicted molar refractivity (Wildman–Crippen MR) is 112 cm³/mol. The second kappa shape index (κ2) is 10.5. The fraction of sp³-hybridized carbons (Fsp3) is 0.650. The van der Waals surface area contributed by atoms with Gasteiger partial charge in [-0.1, -0.05) is 12.1 Å². The maximum absolute atomic E-state index is 12.6. The van der Waals surface area contributed by atoms with Crippen molar-refractivity contribution in [2.24, 2.45) is 0 Å². The van der Waals surface area contributed by atoms with Crippen LogP contribution >= 0.6 is 0 Å². The van der Waals surface area contributed by atoms with Crippen molar-refractivity contribution in [3.8, 4) is 0 Å². The van der Waals surface area contributed by atoms with Crippen LogP contribution < -0.4 is 5.32 Å². The molecule has 1 N–H and O–H groups in total. The molecular weight excluding hydrogens is 392 g/mol. The number of carbonyl (C=O) groups excluding carboxylic acids is 1. The van der Waals surface area contributed by atoms with Gasteiger partial charge in [0.2, 0.25) is 10.0 Å². The number of morpholine rings is 1. The number of amides is 1. The number of sulfonamides is 1. The minimum Gasteiger partial charge on any atom is -0.379 e. The van der Waals surface area contributed by atoms with E-state index in [1.807, 2.05) is 7.05 Å². The summed E-state index contributed by atoms with van der Waals surface area (Å²) in [5.74, 6) is -0.154. The lowest BCUT2D eigenvalue weighted by Crippen LogP contribution is -2.47. The molecule has 29 heavy (non-hydrogen) atoms. The van der Waals surface area contributed by atoms with Crippen molar-refractivity contribution in [1.82, 2.24) is 19.4 Å². The van der Waals surface area contributed by atoms with Crippen LogP contribution in [0.5, 0.6) is 0 Å². The van der Waals surface area contributed by atoms with Gasteiger partial charge in [-0.3, -0.25) is 9.69 Å². The molecule has 0 unspecified atom stereocenters. The van der Waals surface area contributed by atoms with E-state index in [9.17, 15) is 13.2 Å². The molecule has 1 aromatic rings. The summed E-state index contributed by atoms with van der Waals surface area (Å²) in [6.07, 6.45) is 0.896. The lowest BCUT2D eigenvalue weighted by molar-refractivity contribution is 0.0374. The smallest absolute Gasteiger partial charge is 0.251 e. The average molecular weight is 425 g/mol. The van der Waals surface area contributed by atoms with E-state index in [0.29, 0.717) is 30.8 Å². The third-order valence-electron chi connectivity index (χ3n) is 5.46. The minimum absolute atomic E-state index is 0.0296. The first-order chi connectivity index (χ1) is 13.9. The number of hydrogen-bond donors (Lipinski definition) is 1. The van der Waals surface area contributed by atoms with Gasteiger partial charge in [-0.05, 0) is 37.7 Å². The first kappa shape index (κ1) is 22.2. The normalized spacial score (nSPS) is 19.9. The molecule has 2 saturated heterocycles. The number of rotatable bonds is 8. The van der Waals surface area contributed by atoms with Crippen LogP contribution in [0.2, 0.25) is 0 Å². The van der Waals surface area contributed by atoms with E-state index in [2.05, 4.69) is 15.1 Å². The Balaban J connectivity index is 1.43. The lowest BCUT2D eigenvalue weighted by atomic mass is 10.1. The second-order valence-electron chi connectivity index (χ2n) is 7.72. The summed E-state index contributed by atoms with van der Waals surface area (Å²) in [5, 5.41) is 2.93. The lowest BCUT2D eigenvalue weighted by Gasteiger charge is -2.31. The van der Waals surface area contributed by atoms with E-state index >= 15 is 0 Å². The molecule has 1 aromatic carbocycles. The highest BCUT2D eigenvalue weighted by Crippen LogP contribution is 2.14. The summed E-state index contributed by atoms with van der Waals surface area (Å²) in [4.78, 5) is 16.8. The van der Waals surface area contributed by atoms with Gasteiger partial charge in [0, 0.05) is 51.4 Å². The Morgan fingerprint density at radius 1 is 1.03 bits per heavy atom. The summed E-state index contributed by atoms with van der Waals surface area (Å²) in [5.41, 5.74) is 1.25. The molecule has 2 fully saturated rings. The van der Waals surface area contributed by atoms with Gasteiger partial charge in [-0.15, -0.1) is 0 Å². The molecular formula is C20H32N4O4S. The van der Waals surface area contributed by atoms with Gasteiger partial charge < -0.3 is 15.0 Å². The number of likely N-dealkylation sites (N-methyl/N-ethyl adjacent to an activating group) is 1. The van der Waals surface area contributed by atoms with Gasteiger partial charge in [0.05, 0.1) is 19.0 Å². The molecule has 162 valence electrons. The third kappa shape index (κ3) is 6.75. The molecule has 0 aromatic heterocycles. The molecule has 1 amide bonds. The van der Waals surface area contributed by atoms with E-state index < -0.39 is 10.0 Å². The number of piperazine rings is 1. The third-order valence-corrected chi connectivity index (χ3v) is 7.31. The monoisotopic (exact) mass is 424 g/mol. The Hall–Kier alpha value is -1.52. The standard InChI is InChI=1S/C20H32N4O4S/c1-22-9-11-24(12-10-22)29(26,27)17-18-3-5-19(6-4-18)20(25)21-7-2-8-23-13-15-28-16-14-23/h3-6H,2,7-17H2,1H3,(H,21,25). The second-order valence-corrected chi connectivity index (χ2v) is 9.69. The van der Waals surface area contributed by atoms with Crippen molar-refractivity contribution in [3.63, 3.8) is 0 Å². The summed E-state index contributed by atoms with van der Waals surface area (Å²) in [6, 6.07) is 6.87. The van der Waals surface area contributed by atoms with Crippen LogP contribution in [0.25, 0.3) is 0 Å². The van der Waals surface area contributed by atoms with Crippen molar-refractivity contribution in [1.29, 1.82) is 0 Å². The van der Waals surface area contributed by atoms with Crippen LogP contribution in [-0.4, -0.2) is 101 Å². The van der Waals surface area contributed by atoms with Crippen molar-refractivity contribution in [3.05, 3.63) is 35.4 Å². The molecule has 0 aliphatic carbocycles. The Morgan fingerprint density at radius 2 is 1.69 bits per heavy atom. The topological polar surface area (TPSA) is 82.2 Å². The van der Waals surface area contributed by atoms with E-state index in [-0.39, 0.29) is 11.7 Å². The largest absolute Gasteiger partial charge is 0.379 e. The van der Waals surface area contributed by atoms with Crippen LogP contribution in [0.1, 0.15) is 22.3 Å². The summed E-state index contributed by atoms with van der Waals surface area (Å²) in [7, 11) is -1.33. The molecule has 0 atom stereocenters. The van der Waals surface area contributed by atoms with E-state index in [1.54, 1.807) is 28.6 Å². The molecule has 0 saturated carbocycles. The maximum atomic E-state index is 12.6. The molecule has 2 heterocycles. The number of benzene rings is 1. The van der Waals surface area contributed by atoms with Gasteiger partial charge in [-0.25, -0.2) is 8.42 Å². The van der Waals surface area contributed by atoms with Crippen LogP contribution in [-0.2, 0) is 20.5 Å². The zero-order valence-electron chi connectivity index (χ0n) is 17.2. The average Bonchev–Trinajstić information content (AvgIpc) is 2.72. The Kier molecular flexibility index (Phi) is 8.02. The van der Waals surface area contributed by atoms with Crippen LogP contribution in [0.15, 0.2) is 24.3 Å². The number of hydrogen-bond acceptors (Lipinski definition) is 6. The fourth-order valence-corrected chi connectivity index (χ4v) is 5.07. The van der Waals surface area contributed by atoms with Gasteiger partial charge >= 0.3 is 0 Å².